The van der Waals surface area contributed by atoms with Crippen LogP contribution in [0.1, 0.15) is 44.7 Å². The molecule has 0 bridgehead atoms. The van der Waals surface area contributed by atoms with Crippen molar-refractivity contribution in [2.24, 2.45) is 0 Å². The van der Waals surface area contributed by atoms with E-state index in [4.69, 9.17) is 9.26 Å². The first-order valence-electron chi connectivity index (χ1n) is 7.88. The van der Waals surface area contributed by atoms with E-state index in [-0.39, 0.29) is 30.0 Å². The number of ether oxygens (including phenoxy) is 1. The minimum Gasteiger partial charge on any atom is -0.462 e. The van der Waals surface area contributed by atoms with E-state index in [0.717, 1.165) is 17.7 Å². The number of non-ortho nitro benzene ring substituents is 1. The Hall–Kier alpha value is -3.23. The maximum Gasteiger partial charge on any atom is 0.338 e. The van der Waals surface area contributed by atoms with Crippen molar-refractivity contribution in [2.75, 3.05) is 13.7 Å². The van der Waals surface area contributed by atoms with Crippen LogP contribution in [0.15, 0.2) is 22.7 Å². The number of carbonyl (C=O) groups excluding carboxylic acids is 2. The van der Waals surface area contributed by atoms with E-state index in [2.05, 4.69) is 5.16 Å². The molecule has 0 aliphatic carbocycles. The molecule has 1 heterocycles. The van der Waals surface area contributed by atoms with Gasteiger partial charge in [0.1, 0.15) is 5.76 Å². The van der Waals surface area contributed by atoms with Crippen molar-refractivity contribution >= 4 is 17.6 Å². The Labute approximate surface area is 149 Å². The van der Waals surface area contributed by atoms with E-state index in [9.17, 15) is 19.7 Å². The fourth-order valence-corrected chi connectivity index (χ4v) is 2.43. The number of rotatable bonds is 6. The van der Waals surface area contributed by atoms with Crippen molar-refractivity contribution in [2.45, 2.75) is 27.3 Å². The Morgan fingerprint density at radius 2 is 1.92 bits per heavy atom. The van der Waals surface area contributed by atoms with Gasteiger partial charge >= 0.3 is 5.97 Å². The van der Waals surface area contributed by atoms with Crippen LogP contribution in [0, 0.1) is 24.0 Å². The highest BCUT2D eigenvalue weighted by atomic mass is 16.6. The third-order valence-electron chi connectivity index (χ3n) is 3.81. The molecule has 1 aromatic heterocycles. The second kappa shape index (κ2) is 7.77. The van der Waals surface area contributed by atoms with Crippen LogP contribution in [-0.2, 0) is 11.3 Å². The van der Waals surface area contributed by atoms with E-state index in [1.807, 2.05) is 0 Å². The average Bonchev–Trinajstić information content (AvgIpc) is 2.92. The van der Waals surface area contributed by atoms with Gasteiger partial charge in [-0.2, -0.15) is 0 Å². The second-order valence-corrected chi connectivity index (χ2v) is 5.71. The molecule has 0 fully saturated rings. The van der Waals surface area contributed by atoms with Gasteiger partial charge in [-0.25, -0.2) is 4.79 Å². The predicted octanol–water partition coefficient (Wildman–Crippen LogP) is 2.65. The summed E-state index contributed by atoms with van der Waals surface area (Å²) in [5.74, 6) is -0.605. The zero-order valence-electron chi connectivity index (χ0n) is 14.9. The molecule has 0 N–H and O–H groups in total. The van der Waals surface area contributed by atoms with Crippen molar-refractivity contribution in [3.05, 3.63) is 56.5 Å². The molecule has 0 aliphatic heterocycles. The second-order valence-electron chi connectivity index (χ2n) is 5.71. The molecular weight excluding hydrogens is 342 g/mol. The molecule has 0 saturated heterocycles. The van der Waals surface area contributed by atoms with Gasteiger partial charge < -0.3 is 14.2 Å². The highest BCUT2D eigenvalue weighted by Gasteiger charge is 2.22. The van der Waals surface area contributed by atoms with Crippen molar-refractivity contribution in [3.63, 3.8) is 0 Å². The van der Waals surface area contributed by atoms with Crippen LogP contribution in [0.2, 0.25) is 0 Å². The minimum atomic E-state index is -0.723. The SMILES string of the molecule is CCOC(=O)c1cc(C(=O)N(C)Cc2c(C)noc2C)cc([N+](=O)[O-])c1. The van der Waals surface area contributed by atoms with Crippen molar-refractivity contribution in [1.29, 1.82) is 0 Å². The minimum absolute atomic E-state index is 0.0245. The van der Waals surface area contributed by atoms with Crippen LogP contribution in [0.5, 0.6) is 0 Å². The van der Waals surface area contributed by atoms with Gasteiger partial charge in [0.05, 0.1) is 29.3 Å². The zero-order valence-corrected chi connectivity index (χ0v) is 14.9. The molecular formula is C17H19N3O6. The quantitative estimate of drug-likeness (QED) is 0.441. The number of amides is 1. The molecule has 0 atom stereocenters. The molecule has 0 aliphatic rings. The van der Waals surface area contributed by atoms with E-state index >= 15 is 0 Å². The number of nitrogens with zero attached hydrogens (tertiary/aromatic N) is 3. The molecule has 1 aromatic carbocycles. The van der Waals surface area contributed by atoms with Crippen LogP contribution in [0.3, 0.4) is 0 Å². The van der Waals surface area contributed by atoms with Crippen LogP contribution in [0.25, 0.3) is 0 Å². The summed E-state index contributed by atoms with van der Waals surface area (Å²) in [6, 6.07) is 3.51. The molecule has 0 spiro atoms. The lowest BCUT2D eigenvalue weighted by atomic mass is 10.1. The number of nitro benzene ring substituents is 1. The van der Waals surface area contributed by atoms with Gasteiger partial charge in [0.2, 0.25) is 0 Å². The maximum atomic E-state index is 12.7. The third-order valence-corrected chi connectivity index (χ3v) is 3.81. The predicted molar refractivity (Wildman–Crippen MR) is 90.8 cm³/mol. The van der Waals surface area contributed by atoms with Gasteiger partial charge in [-0.05, 0) is 26.8 Å². The zero-order chi connectivity index (χ0) is 19.4. The highest BCUT2D eigenvalue weighted by molar-refractivity contribution is 5.98. The maximum absolute atomic E-state index is 12.7. The Bertz CT molecular complexity index is 839. The monoisotopic (exact) mass is 361 g/mol. The third kappa shape index (κ3) is 4.05. The van der Waals surface area contributed by atoms with Gasteiger partial charge in [0, 0.05) is 30.3 Å². The molecule has 0 unspecified atom stereocenters. The summed E-state index contributed by atoms with van der Waals surface area (Å²) in [7, 11) is 1.55. The van der Waals surface area contributed by atoms with Gasteiger partial charge in [-0.1, -0.05) is 5.16 Å². The van der Waals surface area contributed by atoms with Crippen LogP contribution in [0.4, 0.5) is 5.69 Å². The number of aryl methyl sites for hydroxylation is 2. The molecule has 2 aromatic rings. The lowest BCUT2D eigenvalue weighted by molar-refractivity contribution is -0.384. The van der Waals surface area contributed by atoms with Crippen LogP contribution in [-0.4, -0.2) is 40.5 Å². The van der Waals surface area contributed by atoms with Gasteiger partial charge in [0.15, 0.2) is 0 Å². The van der Waals surface area contributed by atoms with E-state index in [1.165, 1.54) is 11.0 Å². The van der Waals surface area contributed by atoms with Crippen LogP contribution >= 0.6 is 0 Å². The Balaban J connectivity index is 2.34. The molecule has 138 valence electrons. The molecule has 9 heteroatoms. The largest absolute Gasteiger partial charge is 0.462 e. The van der Waals surface area contributed by atoms with E-state index in [0.29, 0.717) is 11.5 Å². The normalized spacial score (nSPS) is 10.5. The summed E-state index contributed by atoms with van der Waals surface area (Å²) in [5, 5.41) is 15.0. The Morgan fingerprint density at radius 1 is 1.27 bits per heavy atom. The number of benzene rings is 1. The lowest BCUT2D eigenvalue weighted by Crippen LogP contribution is -2.27. The molecule has 2 rings (SSSR count). The summed E-state index contributed by atoms with van der Waals surface area (Å²) in [6.07, 6.45) is 0. The lowest BCUT2D eigenvalue weighted by Gasteiger charge is -2.17. The molecule has 26 heavy (non-hydrogen) atoms. The average molecular weight is 361 g/mol. The molecule has 9 nitrogen and oxygen atoms in total. The van der Waals surface area contributed by atoms with Gasteiger partial charge in [0.25, 0.3) is 11.6 Å². The van der Waals surface area contributed by atoms with E-state index in [1.54, 1.807) is 27.8 Å². The number of esters is 1. The summed E-state index contributed by atoms with van der Waals surface area (Å²) in [5.41, 5.74) is 1.04. The number of hydrogen-bond acceptors (Lipinski definition) is 7. The Kier molecular flexibility index (Phi) is 5.71. The van der Waals surface area contributed by atoms with Gasteiger partial charge in [-0.3, -0.25) is 14.9 Å². The molecule has 1 amide bonds. The summed E-state index contributed by atoms with van der Waals surface area (Å²) < 4.78 is 9.94. The number of carbonyl (C=O) groups is 2. The topological polar surface area (TPSA) is 116 Å². The van der Waals surface area contributed by atoms with Crippen molar-refractivity contribution in [1.82, 2.24) is 10.1 Å². The highest BCUT2D eigenvalue weighted by Crippen LogP contribution is 2.21. The number of nitro groups is 1. The first-order valence-corrected chi connectivity index (χ1v) is 7.88. The first kappa shape index (κ1) is 19.1. The molecule has 0 saturated carbocycles. The molecule has 0 radical (unpaired) electrons. The summed E-state index contributed by atoms with van der Waals surface area (Å²) in [6.45, 7) is 5.46. The number of hydrogen-bond donors (Lipinski definition) is 0. The van der Waals surface area contributed by atoms with Crippen molar-refractivity contribution in [3.8, 4) is 0 Å². The fourth-order valence-electron chi connectivity index (χ4n) is 2.43. The summed E-state index contributed by atoms with van der Waals surface area (Å²) >= 11 is 0. The first-order chi connectivity index (χ1) is 12.2. The smallest absolute Gasteiger partial charge is 0.338 e. The Morgan fingerprint density at radius 3 is 2.46 bits per heavy atom. The van der Waals surface area contributed by atoms with E-state index < -0.39 is 16.8 Å². The van der Waals surface area contributed by atoms with Crippen LogP contribution < -0.4 is 0 Å². The van der Waals surface area contributed by atoms with Gasteiger partial charge in [-0.15, -0.1) is 0 Å². The standard InChI is InChI=1S/C17H19N3O6/c1-5-25-17(22)13-6-12(7-14(8-13)20(23)24)16(21)19(4)9-15-10(2)18-26-11(15)3/h6-8H,5,9H2,1-4H3. The fraction of sp³-hybridized carbons (Fsp3) is 0.353. The number of aromatic nitrogens is 1. The van der Waals surface area contributed by atoms with Crippen molar-refractivity contribution < 1.29 is 23.8 Å². The summed E-state index contributed by atoms with van der Waals surface area (Å²) in [4.78, 5) is 36.5.